The van der Waals surface area contributed by atoms with E-state index >= 15 is 0 Å². The average Bonchev–Trinajstić information content (AvgIpc) is 2.33. The van der Waals surface area contributed by atoms with Crippen molar-refractivity contribution in [2.45, 2.75) is 58.8 Å². The van der Waals surface area contributed by atoms with Crippen molar-refractivity contribution >= 4 is 5.97 Å². The zero-order chi connectivity index (χ0) is 13.8. The van der Waals surface area contributed by atoms with E-state index in [1.54, 1.807) is 0 Å². The molecule has 0 N–H and O–H groups in total. The molecule has 0 aliphatic carbocycles. The number of unbranched alkanes of at least 4 members (excludes halogenated alkanes) is 4. The zero-order valence-corrected chi connectivity index (χ0v) is 12.7. The van der Waals surface area contributed by atoms with E-state index in [0.29, 0.717) is 6.61 Å². The molecule has 18 heavy (non-hydrogen) atoms. The number of likely N-dealkylation sites (N-methyl/N-ethyl adjacent to an activating group) is 1. The Balaban J connectivity index is 3.68. The summed E-state index contributed by atoms with van der Waals surface area (Å²) in [6.45, 7) is 5.61. The van der Waals surface area contributed by atoms with E-state index in [1.807, 2.05) is 19.0 Å². The first-order chi connectivity index (χ1) is 8.61. The van der Waals surface area contributed by atoms with Crippen LogP contribution in [0.15, 0.2) is 0 Å². The second-order valence-corrected chi connectivity index (χ2v) is 5.28. The highest BCUT2D eigenvalue weighted by Crippen LogP contribution is 2.16. The summed E-state index contributed by atoms with van der Waals surface area (Å²) in [5, 5.41) is 0. The maximum absolute atomic E-state index is 11.8. The van der Waals surface area contributed by atoms with Crippen molar-refractivity contribution in [2.24, 2.45) is 5.92 Å². The first-order valence-electron chi connectivity index (χ1n) is 7.43. The van der Waals surface area contributed by atoms with E-state index in [4.69, 9.17) is 4.74 Å². The van der Waals surface area contributed by atoms with Crippen molar-refractivity contribution in [2.75, 3.05) is 27.2 Å². The lowest BCUT2D eigenvalue weighted by Crippen LogP contribution is -2.23. The predicted octanol–water partition coefficient (Wildman–Crippen LogP) is 3.48. The van der Waals surface area contributed by atoms with Crippen LogP contribution in [0.25, 0.3) is 0 Å². The third-order valence-electron chi connectivity index (χ3n) is 3.27. The SMILES string of the molecule is CCCCCCCC(CC)C(=O)OCCN(C)C. The molecule has 0 saturated heterocycles. The Morgan fingerprint density at radius 2 is 1.78 bits per heavy atom. The maximum Gasteiger partial charge on any atom is 0.308 e. The largest absolute Gasteiger partial charge is 0.464 e. The number of ether oxygens (including phenoxy) is 1. The standard InChI is InChI=1S/C15H31NO2/c1-5-7-8-9-10-11-14(6-2)15(17)18-13-12-16(3)4/h14H,5-13H2,1-4H3. The van der Waals surface area contributed by atoms with Crippen molar-refractivity contribution in [1.29, 1.82) is 0 Å². The Morgan fingerprint density at radius 1 is 1.11 bits per heavy atom. The molecule has 0 radical (unpaired) electrons. The summed E-state index contributed by atoms with van der Waals surface area (Å²) in [6.07, 6.45) is 8.16. The predicted molar refractivity (Wildman–Crippen MR) is 76.7 cm³/mol. The molecule has 1 unspecified atom stereocenters. The fourth-order valence-corrected chi connectivity index (χ4v) is 1.93. The number of carbonyl (C=O) groups excluding carboxylic acids is 1. The molecule has 0 saturated carbocycles. The van der Waals surface area contributed by atoms with E-state index in [-0.39, 0.29) is 11.9 Å². The van der Waals surface area contributed by atoms with Gasteiger partial charge in [0.1, 0.15) is 6.61 Å². The molecule has 0 spiro atoms. The molecular weight excluding hydrogens is 226 g/mol. The molecule has 108 valence electrons. The van der Waals surface area contributed by atoms with Gasteiger partial charge in [-0.15, -0.1) is 0 Å². The van der Waals surface area contributed by atoms with Gasteiger partial charge in [0.25, 0.3) is 0 Å². The molecule has 0 fully saturated rings. The van der Waals surface area contributed by atoms with Gasteiger partial charge in [0, 0.05) is 6.54 Å². The Morgan fingerprint density at radius 3 is 2.33 bits per heavy atom. The second-order valence-electron chi connectivity index (χ2n) is 5.28. The highest BCUT2D eigenvalue weighted by Gasteiger charge is 2.17. The minimum absolute atomic E-state index is 0.00478. The fourth-order valence-electron chi connectivity index (χ4n) is 1.93. The van der Waals surface area contributed by atoms with Gasteiger partial charge in [-0.25, -0.2) is 0 Å². The van der Waals surface area contributed by atoms with Crippen LogP contribution in [0.3, 0.4) is 0 Å². The van der Waals surface area contributed by atoms with Gasteiger partial charge >= 0.3 is 5.97 Å². The van der Waals surface area contributed by atoms with Crippen LogP contribution in [-0.2, 0) is 9.53 Å². The minimum Gasteiger partial charge on any atom is -0.464 e. The topological polar surface area (TPSA) is 29.5 Å². The Hall–Kier alpha value is -0.570. The smallest absolute Gasteiger partial charge is 0.308 e. The maximum atomic E-state index is 11.8. The van der Waals surface area contributed by atoms with Gasteiger partial charge in [0.2, 0.25) is 0 Å². The summed E-state index contributed by atoms with van der Waals surface area (Å²) in [5.74, 6) is 0.101. The van der Waals surface area contributed by atoms with Crippen molar-refractivity contribution < 1.29 is 9.53 Å². The zero-order valence-electron chi connectivity index (χ0n) is 12.7. The number of nitrogens with zero attached hydrogens (tertiary/aromatic N) is 1. The number of hydrogen-bond acceptors (Lipinski definition) is 3. The van der Waals surface area contributed by atoms with Gasteiger partial charge in [0.15, 0.2) is 0 Å². The van der Waals surface area contributed by atoms with E-state index in [1.165, 1.54) is 25.7 Å². The fraction of sp³-hybridized carbons (Fsp3) is 0.933. The van der Waals surface area contributed by atoms with Gasteiger partial charge in [-0.3, -0.25) is 4.79 Å². The summed E-state index contributed by atoms with van der Waals surface area (Å²) in [4.78, 5) is 13.9. The van der Waals surface area contributed by atoms with Gasteiger partial charge in [-0.2, -0.15) is 0 Å². The molecule has 1 atom stereocenters. The molecule has 0 bridgehead atoms. The molecule has 3 heteroatoms. The van der Waals surface area contributed by atoms with Crippen LogP contribution in [-0.4, -0.2) is 38.1 Å². The highest BCUT2D eigenvalue weighted by molar-refractivity contribution is 5.72. The molecule has 0 aromatic rings. The molecule has 0 aliphatic heterocycles. The van der Waals surface area contributed by atoms with Crippen LogP contribution in [0.5, 0.6) is 0 Å². The van der Waals surface area contributed by atoms with Crippen LogP contribution in [0.4, 0.5) is 0 Å². The molecule has 3 nitrogen and oxygen atoms in total. The molecule has 0 aromatic carbocycles. The van der Waals surface area contributed by atoms with Gasteiger partial charge in [-0.05, 0) is 26.9 Å². The van der Waals surface area contributed by atoms with Crippen molar-refractivity contribution in [3.63, 3.8) is 0 Å². The number of carbonyl (C=O) groups is 1. The number of hydrogen-bond donors (Lipinski definition) is 0. The lowest BCUT2D eigenvalue weighted by molar-refractivity contribution is -0.149. The van der Waals surface area contributed by atoms with Crippen LogP contribution >= 0.6 is 0 Å². The van der Waals surface area contributed by atoms with Crippen molar-refractivity contribution in [1.82, 2.24) is 4.90 Å². The summed E-state index contributed by atoms with van der Waals surface area (Å²) >= 11 is 0. The molecule has 0 rings (SSSR count). The third-order valence-corrected chi connectivity index (χ3v) is 3.27. The molecule has 0 heterocycles. The molecule has 0 aliphatic rings. The van der Waals surface area contributed by atoms with Gasteiger partial charge in [0.05, 0.1) is 5.92 Å². The minimum atomic E-state index is -0.00478. The normalized spacial score (nSPS) is 12.7. The third kappa shape index (κ3) is 9.46. The summed E-state index contributed by atoms with van der Waals surface area (Å²) in [7, 11) is 3.97. The molecule has 0 aromatic heterocycles. The van der Waals surface area contributed by atoms with Crippen molar-refractivity contribution in [3.8, 4) is 0 Å². The Labute approximate surface area is 113 Å². The average molecular weight is 257 g/mol. The number of rotatable bonds is 11. The van der Waals surface area contributed by atoms with E-state index in [2.05, 4.69) is 13.8 Å². The first kappa shape index (κ1) is 17.4. The van der Waals surface area contributed by atoms with Crippen LogP contribution in [0, 0.1) is 5.92 Å². The van der Waals surface area contributed by atoms with Crippen LogP contribution in [0.2, 0.25) is 0 Å². The summed E-state index contributed by atoms with van der Waals surface area (Å²) in [6, 6.07) is 0. The van der Waals surface area contributed by atoms with E-state index < -0.39 is 0 Å². The van der Waals surface area contributed by atoms with Gasteiger partial charge < -0.3 is 9.64 Å². The Kier molecular flexibility index (Phi) is 11.2. The lowest BCUT2D eigenvalue weighted by atomic mass is 9.98. The van der Waals surface area contributed by atoms with E-state index in [9.17, 15) is 4.79 Å². The quantitative estimate of drug-likeness (QED) is 0.419. The van der Waals surface area contributed by atoms with Crippen molar-refractivity contribution in [3.05, 3.63) is 0 Å². The van der Waals surface area contributed by atoms with Gasteiger partial charge in [-0.1, -0.05) is 46.0 Å². The monoisotopic (exact) mass is 257 g/mol. The van der Waals surface area contributed by atoms with Crippen LogP contribution in [0.1, 0.15) is 58.8 Å². The summed E-state index contributed by atoms with van der Waals surface area (Å²) < 4.78 is 5.30. The highest BCUT2D eigenvalue weighted by atomic mass is 16.5. The molecule has 0 amide bonds. The summed E-state index contributed by atoms with van der Waals surface area (Å²) in [5.41, 5.74) is 0. The molecular formula is C15H31NO2. The number of esters is 1. The first-order valence-corrected chi connectivity index (χ1v) is 7.43. The second kappa shape index (κ2) is 11.5. The van der Waals surface area contributed by atoms with Crippen LogP contribution < -0.4 is 0 Å². The Bertz CT molecular complexity index is 205. The van der Waals surface area contributed by atoms with E-state index in [0.717, 1.165) is 25.8 Å². The lowest BCUT2D eigenvalue weighted by Gasteiger charge is -2.15.